The number of hydrogen-bond acceptors (Lipinski definition) is 2. The van der Waals surface area contributed by atoms with Gasteiger partial charge in [-0.05, 0) is 30.0 Å². The summed E-state index contributed by atoms with van der Waals surface area (Å²) in [5.41, 5.74) is 1.61. The molecule has 6 heteroatoms. The van der Waals surface area contributed by atoms with E-state index < -0.39 is 0 Å². The molecule has 1 aliphatic heterocycles. The van der Waals surface area contributed by atoms with Crippen LogP contribution in [0.2, 0.25) is 0 Å². The lowest BCUT2D eigenvalue weighted by molar-refractivity contribution is -0.138. The fourth-order valence-corrected chi connectivity index (χ4v) is 3.89. The van der Waals surface area contributed by atoms with Crippen molar-refractivity contribution < 1.29 is 14.0 Å². The summed E-state index contributed by atoms with van der Waals surface area (Å²) >= 11 is 0. The standard InChI is InChI=1S/C23H24FN3O2/c24-20-7-3-1-6-18(20)15-27-16-19(9-10-22(27)28)23(29)25-12-14-26-13-11-17-5-2-4-8-21(17)26/h1-8,11,13,19H,9-10,12,14-16H2,(H,25,29). The summed E-state index contributed by atoms with van der Waals surface area (Å²) in [5, 5.41) is 4.17. The van der Waals surface area contributed by atoms with E-state index in [0.29, 0.717) is 38.0 Å². The van der Waals surface area contributed by atoms with Gasteiger partial charge in [0.2, 0.25) is 11.8 Å². The average molecular weight is 393 g/mol. The molecule has 3 aromatic rings. The van der Waals surface area contributed by atoms with Gasteiger partial charge in [-0.3, -0.25) is 9.59 Å². The van der Waals surface area contributed by atoms with Crippen LogP contribution in [0.3, 0.4) is 0 Å². The number of halogens is 1. The Balaban J connectivity index is 1.32. The van der Waals surface area contributed by atoms with Crippen molar-refractivity contribution in [1.82, 2.24) is 14.8 Å². The van der Waals surface area contributed by atoms with Gasteiger partial charge in [0.15, 0.2) is 0 Å². The first-order chi connectivity index (χ1) is 14.1. The second-order valence-corrected chi connectivity index (χ2v) is 7.46. The van der Waals surface area contributed by atoms with Crippen LogP contribution < -0.4 is 5.32 Å². The lowest BCUT2D eigenvalue weighted by Crippen LogP contribution is -2.45. The van der Waals surface area contributed by atoms with Crippen LogP contribution in [0.4, 0.5) is 4.39 Å². The molecule has 2 aromatic carbocycles. The topological polar surface area (TPSA) is 54.3 Å². The number of para-hydroxylation sites is 1. The first-order valence-corrected chi connectivity index (χ1v) is 9.94. The predicted molar refractivity (Wildman–Crippen MR) is 109 cm³/mol. The largest absolute Gasteiger partial charge is 0.354 e. The van der Waals surface area contributed by atoms with Gasteiger partial charge in [0.1, 0.15) is 5.82 Å². The number of amides is 2. The minimum atomic E-state index is -0.328. The third-order valence-corrected chi connectivity index (χ3v) is 5.52. The van der Waals surface area contributed by atoms with E-state index in [9.17, 15) is 14.0 Å². The highest BCUT2D eigenvalue weighted by atomic mass is 19.1. The number of piperidine rings is 1. The van der Waals surface area contributed by atoms with Gasteiger partial charge in [-0.25, -0.2) is 4.39 Å². The van der Waals surface area contributed by atoms with Gasteiger partial charge in [0, 0.05) is 49.9 Å². The normalized spacial score (nSPS) is 16.9. The molecule has 1 N–H and O–H groups in total. The number of likely N-dealkylation sites (tertiary alicyclic amines) is 1. The summed E-state index contributed by atoms with van der Waals surface area (Å²) in [6.45, 7) is 1.73. The summed E-state index contributed by atoms with van der Waals surface area (Å²) in [4.78, 5) is 26.5. The van der Waals surface area contributed by atoms with Crippen molar-refractivity contribution in [2.24, 2.45) is 5.92 Å². The van der Waals surface area contributed by atoms with Crippen LogP contribution in [0.1, 0.15) is 18.4 Å². The van der Waals surface area contributed by atoms with E-state index in [-0.39, 0.29) is 30.1 Å². The molecule has 1 atom stereocenters. The zero-order valence-electron chi connectivity index (χ0n) is 16.2. The fraction of sp³-hybridized carbons (Fsp3) is 0.304. The summed E-state index contributed by atoms with van der Waals surface area (Å²) in [5.74, 6) is -0.671. The Labute approximate surface area is 169 Å². The predicted octanol–water partition coefficient (Wildman–Crippen LogP) is 3.34. The van der Waals surface area contributed by atoms with Crippen molar-refractivity contribution in [2.75, 3.05) is 13.1 Å². The fourth-order valence-electron chi connectivity index (χ4n) is 3.89. The number of carbonyl (C=O) groups excluding carboxylic acids is 2. The van der Waals surface area contributed by atoms with Crippen molar-refractivity contribution in [1.29, 1.82) is 0 Å². The van der Waals surface area contributed by atoms with Gasteiger partial charge < -0.3 is 14.8 Å². The van der Waals surface area contributed by atoms with Crippen LogP contribution >= 0.6 is 0 Å². The Morgan fingerprint density at radius 3 is 2.76 bits per heavy atom. The highest BCUT2D eigenvalue weighted by Crippen LogP contribution is 2.21. The number of fused-ring (bicyclic) bond motifs is 1. The molecule has 0 bridgehead atoms. The van der Waals surface area contributed by atoms with Gasteiger partial charge in [-0.15, -0.1) is 0 Å². The highest BCUT2D eigenvalue weighted by molar-refractivity contribution is 5.84. The molecular weight excluding hydrogens is 369 g/mol. The maximum absolute atomic E-state index is 13.9. The molecule has 1 aliphatic rings. The van der Waals surface area contributed by atoms with E-state index >= 15 is 0 Å². The number of nitrogens with one attached hydrogen (secondary N) is 1. The lowest BCUT2D eigenvalue weighted by atomic mass is 9.96. The molecule has 0 saturated carbocycles. The minimum absolute atomic E-state index is 0.0314. The van der Waals surface area contributed by atoms with Crippen LogP contribution in [0.15, 0.2) is 60.8 Å². The maximum atomic E-state index is 13.9. The van der Waals surface area contributed by atoms with Crippen LogP contribution in [0.25, 0.3) is 10.9 Å². The van der Waals surface area contributed by atoms with Crippen LogP contribution in [0.5, 0.6) is 0 Å². The minimum Gasteiger partial charge on any atom is -0.354 e. The number of carbonyl (C=O) groups is 2. The molecule has 4 rings (SSSR count). The molecule has 5 nitrogen and oxygen atoms in total. The molecule has 0 radical (unpaired) electrons. The lowest BCUT2D eigenvalue weighted by Gasteiger charge is -2.32. The number of aromatic nitrogens is 1. The first kappa shape index (κ1) is 19.2. The second-order valence-electron chi connectivity index (χ2n) is 7.46. The maximum Gasteiger partial charge on any atom is 0.224 e. The highest BCUT2D eigenvalue weighted by Gasteiger charge is 2.30. The van der Waals surface area contributed by atoms with Crippen molar-refractivity contribution in [2.45, 2.75) is 25.9 Å². The summed E-state index contributed by atoms with van der Waals surface area (Å²) in [6, 6.07) is 16.6. The average Bonchev–Trinajstić information content (AvgIpc) is 3.14. The molecule has 150 valence electrons. The number of hydrogen-bond donors (Lipinski definition) is 1. The van der Waals surface area contributed by atoms with Crippen molar-refractivity contribution in [3.8, 4) is 0 Å². The second kappa shape index (κ2) is 8.47. The Morgan fingerprint density at radius 1 is 1.10 bits per heavy atom. The van der Waals surface area contributed by atoms with Gasteiger partial charge in [-0.2, -0.15) is 0 Å². The Hall–Kier alpha value is -3.15. The SMILES string of the molecule is O=C(NCCn1ccc2ccccc21)C1CCC(=O)N(Cc2ccccc2F)C1. The smallest absolute Gasteiger partial charge is 0.224 e. The summed E-state index contributed by atoms with van der Waals surface area (Å²) in [7, 11) is 0. The van der Waals surface area contributed by atoms with E-state index in [0.717, 1.165) is 5.52 Å². The Bertz CT molecular complexity index is 1030. The first-order valence-electron chi connectivity index (χ1n) is 9.94. The Morgan fingerprint density at radius 2 is 1.90 bits per heavy atom. The number of benzene rings is 2. The zero-order valence-corrected chi connectivity index (χ0v) is 16.2. The molecule has 1 saturated heterocycles. The summed E-state index contributed by atoms with van der Waals surface area (Å²) < 4.78 is 16.0. The van der Waals surface area contributed by atoms with E-state index in [1.165, 1.54) is 11.5 Å². The van der Waals surface area contributed by atoms with Gasteiger partial charge in [-0.1, -0.05) is 36.4 Å². The van der Waals surface area contributed by atoms with Gasteiger partial charge in [0.05, 0.1) is 5.92 Å². The Kier molecular flexibility index (Phi) is 5.60. The van der Waals surface area contributed by atoms with Crippen molar-refractivity contribution >= 4 is 22.7 Å². The number of rotatable bonds is 6. The quantitative estimate of drug-likeness (QED) is 0.698. The van der Waals surface area contributed by atoms with E-state index in [4.69, 9.17) is 0 Å². The summed E-state index contributed by atoms with van der Waals surface area (Å²) in [6.07, 6.45) is 2.87. The molecule has 2 heterocycles. The zero-order chi connectivity index (χ0) is 20.2. The van der Waals surface area contributed by atoms with Gasteiger partial charge in [0.25, 0.3) is 0 Å². The van der Waals surface area contributed by atoms with Crippen molar-refractivity contribution in [3.05, 3.63) is 72.2 Å². The molecule has 29 heavy (non-hydrogen) atoms. The molecular formula is C23H24FN3O2. The third kappa shape index (κ3) is 4.31. The van der Waals surface area contributed by atoms with E-state index in [1.807, 2.05) is 18.3 Å². The number of nitrogens with zero attached hydrogens (tertiary/aromatic N) is 2. The molecule has 0 spiro atoms. The van der Waals surface area contributed by atoms with Crippen LogP contribution in [0, 0.1) is 11.7 Å². The monoisotopic (exact) mass is 393 g/mol. The van der Waals surface area contributed by atoms with E-state index in [2.05, 4.69) is 28.1 Å². The van der Waals surface area contributed by atoms with Crippen LogP contribution in [-0.4, -0.2) is 34.4 Å². The third-order valence-electron chi connectivity index (χ3n) is 5.52. The molecule has 1 aromatic heterocycles. The molecule has 1 unspecified atom stereocenters. The molecule has 2 amide bonds. The van der Waals surface area contributed by atoms with Crippen LogP contribution in [-0.2, 0) is 22.7 Å². The van der Waals surface area contributed by atoms with Crippen molar-refractivity contribution in [3.63, 3.8) is 0 Å². The van der Waals surface area contributed by atoms with E-state index in [1.54, 1.807) is 23.1 Å². The van der Waals surface area contributed by atoms with Gasteiger partial charge >= 0.3 is 0 Å². The molecule has 0 aliphatic carbocycles. The molecule has 1 fully saturated rings.